The molecule has 0 fully saturated rings. The molecule has 0 spiro atoms. The standard InChI is InChI=1S/C17H26O6S/c1-5-6-16(12-22-24(4,19)20)23-15-9-7-14(13(2)11-15)8-10-17(18)21-3/h7,9,11,16H,5-6,8,10,12H2,1-4H3. The molecule has 0 bridgehead atoms. The van der Waals surface area contributed by atoms with Gasteiger partial charge < -0.3 is 9.47 Å². The maximum Gasteiger partial charge on any atom is 0.305 e. The first-order chi connectivity index (χ1) is 11.2. The number of carbonyl (C=O) groups excluding carboxylic acids is 1. The zero-order valence-electron chi connectivity index (χ0n) is 14.7. The van der Waals surface area contributed by atoms with E-state index in [2.05, 4.69) is 4.74 Å². The molecule has 1 unspecified atom stereocenters. The monoisotopic (exact) mass is 358 g/mol. The molecule has 0 aromatic heterocycles. The highest BCUT2D eigenvalue weighted by Gasteiger charge is 2.14. The van der Waals surface area contributed by atoms with Crippen LogP contribution >= 0.6 is 0 Å². The summed E-state index contributed by atoms with van der Waals surface area (Å²) in [4.78, 5) is 11.2. The molecular formula is C17H26O6S. The van der Waals surface area contributed by atoms with Gasteiger partial charge in [-0.1, -0.05) is 19.4 Å². The minimum Gasteiger partial charge on any atom is -0.488 e. The highest BCUT2D eigenvalue weighted by molar-refractivity contribution is 7.85. The van der Waals surface area contributed by atoms with E-state index in [1.807, 2.05) is 32.0 Å². The average molecular weight is 358 g/mol. The van der Waals surface area contributed by atoms with Crippen LogP contribution in [0.25, 0.3) is 0 Å². The fourth-order valence-corrected chi connectivity index (χ4v) is 2.65. The number of aryl methyl sites for hydroxylation is 2. The summed E-state index contributed by atoms with van der Waals surface area (Å²) >= 11 is 0. The van der Waals surface area contributed by atoms with E-state index < -0.39 is 10.1 Å². The van der Waals surface area contributed by atoms with Gasteiger partial charge in [-0.05, 0) is 43.0 Å². The van der Waals surface area contributed by atoms with Gasteiger partial charge in [-0.3, -0.25) is 8.98 Å². The minimum atomic E-state index is -3.49. The molecule has 136 valence electrons. The first-order valence-corrected chi connectivity index (χ1v) is 9.74. The highest BCUT2D eigenvalue weighted by atomic mass is 32.2. The molecule has 0 aliphatic rings. The van der Waals surface area contributed by atoms with Gasteiger partial charge in [0.1, 0.15) is 18.5 Å². The van der Waals surface area contributed by atoms with Crippen molar-refractivity contribution in [1.29, 1.82) is 0 Å². The summed E-state index contributed by atoms with van der Waals surface area (Å²) in [6.07, 6.45) is 3.18. The number of hydrogen-bond acceptors (Lipinski definition) is 6. The van der Waals surface area contributed by atoms with Crippen molar-refractivity contribution in [3.05, 3.63) is 29.3 Å². The fraction of sp³-hybridized carbons (Fsp3) is 0.588. The van der Waals surface area contributed by atoms with Crippen LogP contribution in [0.2, 0.25) is 0 Å². The Kier molecular flexibility index (Phi) is 8.21. The zero-order valence-corrected chi connectivity index (χ0v) is 15.5. The van der Waals surface area contributed by atoms with Gasteiger partial charge in [0.25, 0.3) is 10.1 Å². The Morgan fingerprint density at radius 2 is 2.00 bits per heavy atom. The summed E-state index contributed by atoms with van der Waals surface area (Å²) in [6, 6.07) is 5.62. The van der Waals surface area contributed by atoms with E-state index in [9.17, 15) is 13.2 Å². The van der Waals surface area contributed by atoms with Crippen LogP contribution < -0.4 is 4.74 Å². The van der Waals surface area contributed by atoms with E-state index in [0.717, 1.165) is 23.8 Å². The molecule has 0 heterocycles. The predicted octanol–water partition coefficient (Wildman–Crippen LogP) is 2.62. The van der Waals surface area contributed by atoms with Gasteiger partial charge in [-0.2, -0.15) is 8.42 Å². The topological polar surface area (TPSA) is 78.9 Å². The van der Waals surface area contributed by atoms with Crippen molar-refractivity contribution in [2.24, 2.45) is 0 Å². The van der Waals surface area contributed by atoms with E-state index in [0.29, 0.717) is 25.0 Å². The van der Waals surface area contributed by atoms with Crippen molar-refractivity contribution in [3.8, 4) is 5.75 Å². The lowest BCUT2D eigenvalue weighted by Gasteiger charge is -2.19. The molecule has 1 aromatic rings. The highest BCUT2D eigenvalue weighted by Crippen LogP contribution is 2.21. The van der Waals surface area contributed by atoms with Crippen LogP contribution in [0.4, 0.5) is 0 Å². The summed E-state index contributed by atoms with van der Waals surface area (Å²) < 4.78 is 37.6. The van der Waals surface area contributed by atoms with Gasteiger partial charge >= 0.3 is 5.97 Å². The van der Waals surface area contributed by atoms with E-state index in [1.165, 1.54) is 7.11 Å². The van der Waals surface area contributed by atoms with Crippen molar-refractivity contribution in [1.82, 2.24) is 0 Å². The van der Waals surface area contributed by atoms with Gasteiger partial charge in [-0.15, -0.1) is 0 Å². The van der Waals surface area contributed by atoms with Crippen molar-refractivity contribution in [3.63, 3.8) is 0 Å². The largest absolute Gasteiger partial charge is 0.488 e. The summed E-state index contributed by atoms with van der Waals surface area (Å²) in [7, 11) is -2.11. The second-order valence-corrected chi connectivity index (χ2v) is 7.33. The SMILES string of the molecule is CCCC(COS(C)(=O)=O)Oc1ccc(CCC(=O)OC)c(C)c1. The van der Waals surface area contributed by atoms with Crippen LogP contribution in [0, 0.1) is 6.92 Å². The first-order valence-electron chi connectivity index (χ1n) is 7.92. The predicted molar refractivity (Wildman–Crippen MR) is 91.6 cm³/mol. The number of carbonyl (C=O) groups is 1. The van der Waals surface area contributed by atoms with Gasteiger partial charge in [-0.25, -0.2) is 0 Å². The number of hydrogen-bond donors (Lipinski definition) is 0. The van der Waals surface area contributed by atoms with Gasteiger partial charge in [0, 0.05) is 6.42 Å². The molecule has 7 heteroatoms. The van der Waals surface area contributed by atoms with Crippen molar-refractivity contribution >= 4 is 16.1 Å². The molecule has 0 N–H and O–H groups in total. The Morgan fingerprint density at radius 3 is 2.54 bits per heavy atom. The Hall–Kier alpha value is -1.60. The summed E-state index contributed by atoms with van der Waals surface area (Å²) in [6.45, 7) is 3.94. The second-order valence-electron chi connectivity index (χ2n) is 5.68. The number of ether oxygens (including phenoxy) is 2. The third-order valence-corrected chi connectivity index (χ3v) is 4.09. The fourth-order valence-electron chi connectivity index (χ4n) is 2.25. The Bertz CT molecular complexity index is 638. The minimum absolute atomic E-state index is 0.00415. The Balaban J connectivity index is 2.71. The smallest absolute Gasteiger partial charge is 0.305 e. The van der Waals surface area contributed by atoms with Crippen LogP contribution in [-0.4, -0.2) is 40.5 Å². The van der Waals surface area contributed by atoms with E-state index in [1.54, 1.807) is 0 Å². The first kappa shape index (κ1) is 20.4. The van der Waals surface area contributed by atoms with Crippen LogP contribution in [-0.2, 0) is 30.3 Å². The molecule has 0 saturated carbocycles. The van der Waals surface area contributed by atoms with E-state index in [-0.39, 0.29) is 18.7 Å². The normalized spacial score (nSPS) is 12.7. The number of benzene rings is 1. The molecule has 0 amide bonds. The number of esters is 1. The van der Waals surface area contributed by atoms with Crippen LogP contribution in [0.5, 0.6) is 5.75 Å². The Labute approximate surface area is 144 Å². The molecule has 0 aliphatic carbocycles. The van der Waals surface area contributed by atoms with Crippen molar-refractivity contribution < 1.29 is 26.9 Å². The van der Waals surface area contributed by atoms with Crippen molar-refractivity contribution in [2.45, 2.75) is 45.6 Å². The second kappa shape index (κ2) is 9.64. The van der Waals surface area contributed by atoms with E-state index >= 15 is 0 Å². The van der Waals surface area contributed by atoms with Crippen molar-refractivity contribution in [2.75, 3.05) is 20.0 Å². The maximum atomic E-state index is 11.2. The molecular weight excluding hydrogens is 332 g/mol. The molecule has 1 rings (SSSR count). The van der Waals surface area contributed by atoms with Gasteiger partial charge in [0.15, 0.2) is 0 Å². The van der Waals surface area contributed by atoms with Crippen LogP contribution in [0.15, 0.2) is 18.2 Å². The molecule has 0 aliphatic heterocycles. The lowest BCUT2D eigenvalue weighted by Crippen LogP contribution is -2.24. The third-order valence-electron chi connectivity index (χ3n) is 3.52. The molecule has 1 atom stereocenters. The quantitative estimate of drug-likeness (QED) is 0.472. The summed E-state index contributed by atoms with van der Waals surface area (Å²) in [5.74, 6) is 0.417. The van der Waals surface area contributed by atoms with E-state index in [4.69, 9.17) is 8.92 Å². The molecule has 6 nitrogen and oxygen atoms in total. The lowest BCUT2D eigenvalue weighted by atomic mass is 10.0. The molecule has 1 aromatic carbocycles. The third kappa shape index (κ3) is 7.79. The maximum absolute atomic E-state index is 11.2. The summed E-state index contributed by atoms with van der Waals surface area (Å²) in [5, 5.41) is 0. The van der Waals surface area contributed by atoms with Crippen LogP contribution in [0.3, 0.4) is 0 Å². The molecule has 0 saturated heterocycles. The van der Waals surface area contributed by atoms with Gasteiger partial charge in [0.2, 0.25) is 0 Å². The number of methoxy groups -OCH3 is 1. The number of rotatable bonds is 10. The molecule has 24 heavy (non-hydrogen) atoms. The zero-order chi connectivity index (χ0) is 18.2. The van der Waals surface area contributed by atoms with Crippen LogP contribution in [0.1, 0.15) is 37.3 Å². The van der Waals surface area contributed by atoms with Gasteiger partial charge in [0.05, 0.1) is 13.4 Å². The average Bonchev–Trinajstić information content (AvgIpc) is 2.51. The Morgan fingerprint density at radius 1 is 1.29 bits per heavy atom. The lowest BCUT2D eigenvalue weighted by molar-refractivity contribution is -0.140. The molecule has 0 radical (unpaired) electrons. The summed E-state index contributed by atoms with van der Waals surface area (Å²) in [5.41, 5.74) is 2.06.